The van der Waals surface area contributed by atoms with Gasteiger partial charge in [0.25, 0.3) is 0 Å². The molecule has 0 bridgehead atoms. The molecule has 0 aliphatic heterocycles. The van der Waals surface area contributed by atoms with E-state index in [0.717, 1.165) is 5.69 Å². The number of nitriles is 1. The molecule has 0 unspecified atom stereocenters. The van der Waals surface area contributed by atoms with Gasteiger partial charge >= 0.3 is 0 Å². The van der Waals surface area contributed by atoms with E-state index in [2.05, 4.69) is 16.4 Å². The fraction of sp³-hybridized carbons (Fsp3) is 0. The molecule has 6 heteroatoms. The molecule has 4 nitrogen and oxygen atoms in total. The number of aromatic nitrogens is 1. The Labute approximate surface area is 142 Å². The lowest BCUT2D eigenvalue weighted by molar-refractivity contribution is 0.104. The third-order valence-corrected chi connectivity index (χ3v) is 4.21. The van der Waals surface area contributed by atoms with E-state index in [0.29, 0.717) is 26.2 Å². The summed E-state index contributed by atoms with van der Waals surface area (Å²) in [5.74, 6) is -0.121. The summed E-state index contributed by atoms with van der Waals surface area (Å²) in [5, 5.41) is 13.1. The van der Waals surface area contributed by atoms with Crippen LogP contribution in [0.4, 0.5) is 10.8 Å². The van der Waals surface area contributed by atoms with Gasteiger partial charge in [0.1, 0.15) is 0 Å². The molecule has 1 heterocycles. The second-order valence-corrected chi connectivity index (χ2v) is 6.15. The van der Waals surface area contributed by atoms with Crippen LogP contribution in [0.25, 0.3) is 0 Å². The first-order valence-corrected chi connectivity index (χ1v) is 7.88. The number of hydrogen-bond acceptors (Lipinski definition) is 5. The van der Waals surface area contributed by atoms with Gasteiger partial charge < -0.3 is 5.32 Å². The predicted octanol–water partition coefficient (Wildman–Crippen LogP) is 4.64. The molecule has 0 saturated heterocycles. The SMILES string of the molecule is N#Cc1cccc(Nc2ncc(C(=O)c3cccc(Cl)c3)s2)c1. The maximum absolute atomic E-state index is 12.4. The van der Waals surface area contributed by atoms with Gasteiger partial charge in [-0.1, -0.05) is 41.1 Å². The normalized spacial score (nSPS) is 10.1. The minimum atomic E-state index is -0.121. The van der Waals surface area contributed by atoms with E-state index in [9.17, 15) is 4.79 Å². The number of thiazole rings is 1. The summed E-state index contributed by atoms with van der Waals surface area (Å²) >= 11 is 7.17. The summed E-state index contributed by atoms with van der Waals surface area (Å²) in [5.41, 5.74) is 1.83. The van der Waals surface area contributed by atoms with Crippen LogP contribution in [0.2, 0.25) is 5.02 Å². The number of nitrogens with one attached hydrogen (secondary N) is 1. The van der Waals surface area contributed by atoms with Crippen LogP contribution in [0.15, 0.2) is 54.7 Å². The molecular formula is C17H10ClN3OS. The Morgan fingerprint density at radius 1 is 1.22 bits per heavy atom. The highest BCUT2D eigenvalue weighted by Gasteiger charge is 2.13. The topological polar surface area (TPSA) is 65.8 Å². The van der Waals surface area contributed by atoms with Crippen molar-refractivity contribution in [3.05, 3.63) is 75.8 Å². The molecule has 0 atom stereocenters. The van der Waals surface area contributed by atoms with E-state index in [-0.39, 0.29) is 5.78 Å². The number of carbonyl (C=O) groups is 1. The summed E-state index contributed by atoms with van der Waals surface area (Å²) in [7, 11) is 0. The molecule has 0 spiro atoms. The number of halogens is 1. The zero-order valence-corrected chi connectivity index (χ0v) is 13.4. The molecule has 3 aromatic rings. The van der Waals surface area contributed by atoms with Gasteiger partial charge in [-0.25, -0.2) is 4.98 Å². The van der Waals surface area contributed by atoms with Crippen molar-refractivity contribution in [3.63, 3.8) is 0 Å². The van der Waals surface area contributed by atoms with E-state index in [1.54, 1.807) is 42.5 Å². The van der Waals surface area contributed by atoms with Crippen molar-refractivity contribution < 1.29 is 4.79 Å². The Morgan fingerprint density at radius 3 is 2.83 bits per heavy atom. The third kappa shape index (κ3) is 3.57. The van der Waals surface area contributed by atoms with Crippen LogP contribution in [-0.4, -0.2) is 10.8 Å². The van der Waals surface area contributed by atoms with Crippen molar-refractivity contribution in [2.45, 2.75) is 0 Å². The van der Waals surface area contributed by atoms with Gasteiger partial charge in [-0.2, -0.15) is 5.26 Å². The van der Waals surface area contributed by atoms with Crippen molar-refractivity contribution >= 4 is 39.5 Å². The number of nitrogens with zero attached hydrogens (tertiary/aromatic N) is 2. The Kier molecular flexibility index (Phi) is 4.38. The zero-order valence-electron chi connectivity index (χ0n) is 11.8. The van der Waals surface area contributed by atoms with Crippen LogP contribution in [0, 0.1) is 11.3 Å². The average molecular weight is 340 g/mol. The molecule has 3 rings (SSSR count). The molecule has 112 valence electrons. The molecular weight excluding hydrogens is 330 g/mol. The van der Waals surface area contributed by atoms with E-state index < -0.39 is 0 Å². The fourth-order valence-electron chi connectivity index (χ4n) is 2.00. The molecule has 23 heavy (non-hydrogen) atoms. The van der Waals surface area contributed by atoms with Crippen LogP contribution in [0.5, 0.6) is 0 Å². The summed E-state index contributed by atoms with van der Waals surface area (Å²) in [6.45, 7) is 0. The number of benzene rings is 2. The number of anilines is 2. The van der Waals surface area contributed by atoms with E-state index in [1.165, 1.54) is 17.5 Å². The predicted molar refractivity (Wildman–Crippen MR) is 91.4 cm³/mol. The van der Waals surface area contributed by atoms with Crippen LogP contribution in [0.3, 0.4) is 0 Å². The van der Waals surface area contributed by atoms with Gasteiger partial charge in [-0.05, 0) is 30.3 Å². The minimum Gasteiger partial charge on any atom is -0.331 e. The van der Waals surface area contributed by atoms with Gasteiger partial charge in [0.05, 0.1) is 22.7 Å². The highest BCUT2D eigenvalue weighted by Crippen LogP contribution is 2.25. The van der Waals surface area contributed by atoms with Crippen LogP contribution in [0.1, 0.15) is 20.8 Å². The maximum Gasteiger partial charge on any atom is 0.204 e. The summed E-state index contributed by atoms with van der Waals surface area (Å²) in [4.78, 5) is 17.1. The van der Waals surface area contributed by atoms with Gasteiger partial charge in [0, 0.05) is 16.3 Å². The lowest BCUT2D eigenvalue weighted by atomic mass is 10.1. The Bertz CT molecular complexity index is 914. The summed E-state index contributed by atoms with van der Waals surface area (Å²) in [6.07, 6.45) is 1.53. The Morgan fingerprint density at radius 2 is 2.04 bits per heavy atom. The number of ketones is 1. The van der Waals surface area contributed by atoms with Crippen LogP contribution in [-0.2, 0) is 0 Å². The molecule has 1 aromatic heterocycles. The number of carbonyl (C=O) groups excluding carboxylic acids is 1. The first kappa shape index (κ1) is 15.2. The summed E-state index contributed by atoms with van der Waals surface area (Å²) in [6, 6.07) is 16.0. The largest absolute Gasteiger partial charge is 0.331 e. The Balaban J connectivity index is 1.80. The lowest BCUT2D eigenvalue weighted by Crippen LogP contribution is -1.97. The molecule has 0 fully saturated rings. The number of rotatable bonds is 4. The smallest absolute Gasteiger partial charge is 0.204 e. The van der Waals surface area contributed by atoms with Gasteiger partial charge in [-0.15, -0.1) is 0 Å². The molecule has 0 aliphatic rings. The lowest BCUT2D eigenvalue weighted by Gasteiger charge is -2.02. The molecule has 2 aromatic carbocycles. The van der Waals surface area contributed by atoms with E-state index >= 15 is 0 Å². The van der Waals surface area contributed by atoms with Crippen molar-refractivity contribution in [3.8, 4) is 6.07 Å². The molecule has 0 saturated carbocycles. The summed E-state index contributed by atoms with van der Waals surface area (Å²) < 4.78 is 0. The monoisotopic (exact) mass is 339 g/mol. The Hall–Kier alpha value is -2.68. The van der Waals surface area contributed by atoms with E-state index in [4.69, 9.17) is 16.9 Å². The standard InChI is InChI=1S/C17H10ClN3OS/c18-13-5-2-4-12(8-13)16(22)15-10-20-17(23-15)21-14-6-1-3-11(7-14)9-19/h1-8,10H,(H,20,21). The zero-order chi connectivity index (χ0) is 16.2. The van der Waals surface area contributed by atoms with Crippen molar-refractivity contribution in [2.24, 2.45) is 0 Å². The average Bonchev–Trinajstić information content (AvgIpc) is 3.03. The van der Waals surface area contributed by atoms with E-state index in [1.807, 2.05) is 6.07 Å². The quantitative estimate of drug-likeness (QED) is 0.703. The van der Waals surface area contributed by atoms with Crippen molar-refractivity contribution in [1.82, 2.24) is 4.98 Å². The highest BCUT2D eigenvalue weighted by molar-refractivity contribution is 7.17. The third-order valence-electron chi connectivity index (χ3n) is 3.06. The molecule has 1 N–H and O–H groups in total. The van der Waals surface area contributed by atoms with Gasteiger partial charge in [0.15, 0.2) is 5.13 Å². The minimum absolute atomic E-state index is 0.121. The van der Waals surface area contributed by atoms with Crippen molar-refractivity contribution in [1.29, 1.82) is 5.26 Å². The first-order chi connectivity index (χ1) is 11.2. The second kappa shape index (κ2) is 6.61. The first-order valence-electron chi connectivity index (χ1n) is 6.69. The van der Waals surface area contributed by atoms with Crippen molar-refractivity contribution in [2.75, 3.05) is 5.32 Å². The van der Waals surface area contributed by atoms with Gasteiger partial charge in [0.2, 0.25) is 5.78 Å². The number of hydrogen-bond donors (Lipinski definition) is 1. The molecule has 0 amide bonds. The fourth-order valence-corrected chi connectivity index (χ4v) is 2.99. The molecule has 0 aliphatic carbocycles. The second-order valence-electron chi connectivity index (χ2n) is 4.69. The van der Waals surface area contributed by atoms with Crippen LogP contribution >= 0.6 is 22.9 Å². The molecule has 0 radical (unpaired) electrons. The highest BCUT2D eigenvalue weighted by atomic mass is 35.5. The van der Waals surface area contributed by atoms with Gasteiger partial charge in [-0.3, -0.25) is 4.79 Å². The van der Waals surface area contributed by atoms with Crippen LogP contribution < -0.4 is 5.32 Å². The maximum atomic E-state index is 12.4.